The van der Waals surface area contributed by atoms with E-state index >= 15 is 0 Å². The molecule has 3 rings (SSSR count). The molecule has 2 saturated heterocycles. The molecular formula is C23H32O15. The van der Waals surface area contributed by atoms with Gasteiger partial charge in [0.15, 0.2) is 23.9 Å². The lowest BCUT2D eigenvalue weighted by Gasteiger charge is -2.43. The maximum absolute atomic E-state index is 12.7. The number of aromatic hydroxyl groups is 1. The van der Waals surface area contributed by atoms with E-state index in [4.69, 9.17) is 28.4 Å². The average Bonchev–Trinajstić information content (AvgIpc) is 3.18. The Morgan fingerprint density at radius 3 is 2.08 bits per heavy atom. The number of benzene rings is 1. The molecule has 2 heterocycles. The Labute approximate surface area is 216 Å². The number of phenolic OH excluding ortho intramolecular Hbond substituents is 1. The zero-order chi connectivity index (χ0) is 28.2. The molecule has 9 atom stereocenters. The van der Waals surface area contributed by atoms with Crippen LogP contribution in [0, 0.1) is 0 Å². The van der Waals surface area contributed by atoms with Crippen LogP contribution in [0.2, 0.25) is 0 Å². The summed E-state index contributed by atoms with van der Waals surface area (Å²) in [6.07, 6.45) is -11.3. The molecule has 0 spiro atoms. The molecule has 38 heavy (non-hydrogen) atoms. The standard InChI is InChI=1S/C23H32O15/c1-33-11-5-10(6-12(34-2)16(11)28)3-4-15(27)36-21-18(30)14(8-25)37-23(21,9-26)38-22-20(32)19(31)17(29)13(7-24)35-22/h3-6,13-14,17-22,24-26,28-32H,7-9H2,1-2H3/t13-,14-,17-,18-,19+,20-,21+,22-,23-/m1/s1. The van der Waals surface area contributed by atoms with E-state index < -0.39 is 80.6 Å². The van der Waals surface area contributed by atoms with Crippen LogP contribution in [0.5, 0.6) is 17.2 Å². The van der Waals surface area contributed by atoms with Gasteiger partial charge in [-0.05, 0) is 23.8 Å². The van der Waals surface area contributed by atoms with E-state index in [0.29, 0.717) is 5.56 Å². The van der Waals surface area contributed by atoms with Crippen LogP contribution in [-0.2, 0) is 23.7 Å². The van der Waals surface area contributed by atoms with Gasteiger partial charge in [0, 0.05) is 6.08 Å². The van der Waals surface area contributed by atoms with Gasteiger partial charge in [0.1, 0.15) is 43.2 Å². The predicted octanol–water partition coefficient (Wildman–Crippen LogP) is -3.41. The third-order valence-electron chi connectivity index (χ3n) is 6.20. The fourth-order valence-electron chi connectivity index (χ4n) is 4.11. The van der Waals surface area contributed by atoms with Gasteiger partial charge in [-0.25, -0.2) is 4.79 Å². The molecule has 0 aromatic heterocycles. The molecule has 0 radical (unpaired) electrons. The summed E-state index contributed by atoms with van der Waals surface area (Å²) < 4.78 is 31.7. The molecule has 2 fully saturated rings. The van der Waals surface area contributed by atoms with E-state index in [1.165, 1.54) is 32.4 Å². The van der Waals surface area contributed by atoms with Crippen molar-refractivity contribution in [3.05, 3.63) is 23.8 Å². The molecule has 8 N–H and O–H groups in total. The molecule has 1 aromatic carbocycles. The van der Waals surface area contributed by atoms with Crippen molar-refractivity contribution in [1.82, 2.24) is 0 Å². The number of aliphatic hydroxyl groups is 7. The van der Waals surface area contributed by atoms with Crippen molar-refractivity contribution in [2.24, 2.45) is 0 Å². The highest BCUT2D eigenvalue weighted by atomic mass is 16.8. The van der Waals surface area contributed by atoms with Crippen LogP contribution >= 0.6 is 0 Å². The third-order valence-corrected chi connectivity index (χ3v) is 6.20. The van der Waals surface area contributed by atoms with Crippen molar-refractivity contribution in [1.29, 1.82) is 0 Å². The number of hydrogen-bond donors (Lipinski definition) is 8. The van der Waals surface area contributed by atoms with Crippen LogP contribution in [-0.4, -0.2) is 136 Å². The monoisotopic (exact) mass is 548 g/mol. The Kier molecular flexibility index (Phi) is 9.88. The van der Waals surface area contributed by atoms with Crippen LogP contribution in [0.15, 0.2) is 18.2 Å². The maximum atomic E-state index is 12.7. The van der Waals surface area contributed by atoms with E-state index in [2.05, 4.69) is 0 Å². The number of ether oxygens (including phenoxy) is 6. The van der Waals surface area contributed by atoms with Gasteiger partial charge in [-0.15, -0.1) is 0 Å². The molecule has 0 aliphatic carbocycles. The minimum absolute atomic E-state index is 0.0648. The molecule has 1 aromatic rings. The van der Waals surface area contributed by atoms with E-state index in [0.717, 1.165) is 6.08 Å². The minimum atomic E-state index is -2.39. The number of methoxy groups -OCH3 is 2. The van der Waals surface area contributed by atoms with Crippen LogP contribution in [0.3, 0.4) is 0 Å². The van der Waals surface area contributed by atoms with E-state index in [-0.39, 0.29) is 17.2 Å². The summed E-state index contributed by atoms with van der Waals surface area (Å²) >= 11 is 0. The molecule has 214 valence electrons. The molecule has 2 aliphatic heterocycles. The van der Waals surface area contributed by atoms with Gasteiger partial charge < -0.3 is 69.3 Å². The van der Waals surface area contributed by atoms with Gasteiger partial charge in [0.2, 0.25) is 11.5 Å². The first-order valence-electron chi connectivity index (χ1n) is 11.4. The van der Waals surface area contributed by atoms with Gasteiger partial charge in [-0.3, -0.25) is 0 Å². The number of hydrogen-bond acceptors (Lipinski definition) is 15. The lowest BCUT2D eigenvalue weighted by molar-refractivity contribution is -0.383. The summed E-state index contributed by atoms with van der Waals surface area (Å²) in [6.45, 7) is -2.63. The molecule has 0 amide bonds. The highest BCUT2D eigenvalue weighted by molar-refractivity contribution is 5.87. The van der Waals surface area contributed by atoms with Crippen molar-refractivity contribution in [2.45, 2.75) is 54.8 Å². The largest absolute Gasteiger partial charge is 0.502 e. The van der Waals surface area contributed by atoms with Gasteiger partial charge in [-0.2, -0.15) is 0 Å². The quantitative estimate of drug-likeness (QED) is 0.105. The second kappa shape index (κ2) is 12.5. The van der Waals surface area contributed by atoms with Crippen molar-refractivity contribution >= 4 is 12.0 Å². The Balaban J connectivity index is 1.84. The average molecular weight is 548 g/mol. The maximum Gasteiger partial charge on any atom is 0.331 e. The van der Waals surface area contributed by atoms with Gasteiger partial charge in [-0.1, -0.05) is 0 Å². The van der Waals surface area contributed by atoms with Crippen molar-refractivity contribution in [3.8, 4) is 17.2 Å². The van der Waals surface area contributed by atoms with Gasteiger partial charge >= 0.3 is 5.97 Å². The molecule has 0 unspecified atom stereocenters. The van der Waals surface area contributed by atoms with E-state index in [1.54, 1.807) is 0 Å². The summed E-state index contributed by atoms with van der Waals surface area (Å²) in [5.74, 6) is -3.58. The summed E-state index contributed by atoms with van der Waals surface area (Å²) in [6, 6.07) is 2.80. The summed E-state index contributed by atoms with van der Waals surface area (Å²) in [7, 11) is 2.64. The van der Waals surface area contributed by atoms with Gasteiger partial charge in [0.25, 0.3) is 0 Å². The van der Waals surface area contributed by atoms with Crippen molar-refractivity contribution in [2.75, 3.05) is 34.0 Å². The lowest BCUT2D eigenvalue weighted by Crippen LogP contribution is -2.63. The summed E-state index contributed by atoms with van der Waals surface area (Å²) in [4.78, 5) is 12.7. The zero-order valence-corrected chi connectivity index (χ0v) is 20.5. The zero-order valence-electron chi connectivity index (χ0n) is 20.5. The Morgan fingerprint density at radius 1 is 0.947 bits per heavy atom. The SMILES string of the molecule is COc1cc(C=CC(=O)O[C@H]2[C@H](O)[C@@H](CO)O[C@]2(CO)O[C@H]2O[C@H](CO)[C@@H](O)[C@H](O)[C@H]2O)cc(OC)c1O. The molecule has 15 heteroatoms. The first-order valence-corrected chi connectivity index (χ1v) is 11.4. The molecule has 2 aliphatic rings. The van der Waals surface area contributed by atoms with Crippen LogP contribution in [0.1, 0.15) is 5.56 Å². The molecular weight excluding hydrogens is 516 g/mol. The fourth-order valence-corrected chi connectivity index (χ4v) is 4.11. The highest BCUT2D eigenvalue weighted by Gasteiger charge is 2.60. The van der Waals surface area contributed by atoms with Crippen molar-refractivity contribution < 1.29 is 74.1 Å². The van der Waals surface area contributed by atoms with Crippen molar-refractivity contribution in [3.63, 3.8) is 0 Å². The predicted molar refractivity (Wildman–Crippen MR) is 123 cm³/mol. The number of carbonyl (C=O) groups excluding carboxylic acids is 1. The summed E-state index contributed by atoms with van der Waals surface area (Å²) in [5.41, 5.74) is 0.357. The van der Waals surface area contributed by atoms with E-state index in [1.807, 2.05) is 0 Å². The van der Waals surface area contributed by atoms with Crippen LogP contribution < -0.4 is 9.47 Å². The smallest absolute Gasteiger partial charge is 0.331 e. The molecule has 0 saturated carbocycles. The fraction of sp³-hybridized carbons (Fsp3) is 0.609. The lowest BCUT2D eigenvalue weighted by atomic mass is 9.99. The normalized spacial score (nSPS) is 35.4. The number of rotatable bonds is 10. The van der Waals surface area contributed by atoms with Crippen LogP contribution in [0.4, 0.5) is 0 Å². The number of esters is 1. The third kappa shape index (κ3) is 5.86. The topological polar surface area (TPSA) is 234 Å². The Hall–Kier alpha value is -2.57. The number of carbonyl (C=O) groups is 1. The Bertz CT molecular complexity index is 959. The molecule has 0 bridgehead atoms. The second-order valence-corrected chi connectivity index (χ2v) is 8.58. The first-order chi connectivity index (χ1) is 18.0. The molecule has 15 nitrogen and oxygen atoms in total. The number of phenols is 1. The van der Waals surface area contributed by atoms with E-state index in [9.17, 15) is 45.6 Å². The second-order valence-electron chi connectivity index (χ2n) is 8.58. The first kappa shape index (κ1) is 30.0. The summed E-state index contributed by atoms with van der Waals surface area (Å²) in [5, 5.41) is 80.1. The minimum Gasteiger partial charge on any atom is -0.502 e. The number of aliphatic hydroxyl groups excluding tert-OH is 7. The van der Waals surface area contributed by atoms with Gasteiger partial charge in [0.05, 0.1) is 27.4 Å². The Morgan fingerprint density at radius 2 is 1.55 bits per heavy atom. The van der Waals surface area contributed by atoms with Crippen LogP contribution in [0.25, 0.3) is 6.08 Å². The highest BCUT2D eigenvalue weighted by Crippen LogP contribution is 2.39.